The standard InChI is InChI=1S/C28H62N2O8SSi/c1-4-5-6-7-8-9-10-11-12-13-14-15-16-17-18-19-21-30(2,3)22-20-23-40(36,37)38-26-28(24-31,25-32)29-27-39(33,34)35/h29,31-32,36-37H,4-27H2,1-3H3/p+1. The topological polar surface area (TPSA) is 157 Å². The van der Waals surface area contributed by atoms with E-state index in [0.717, 1.165) is 24.0 Å². The second-order valence-electron chi connectivity index (χ2n) is 12.3. The van der Waals surface area contributed by atoms with Crippen molar-refractivity contribution in [3.05, 3.63) is 0 Å². The Kier molecular flexibility index (Phi) is 22.3. The quantitative estimate of drug-likeness (QED) is 0.0319. The van der Waals surface area contributed by atoms with Gasteiger partial charge in [-0.2, -0.15) is 8.42 Å². The molecule has 0 bridgehead atoms. The monoisotopic (exact) mass is 615 g/mol. The first-order chi connectivity index (χ1) is 18.8. The van der Waals surface area contributed by atoms with Crippen molar-refractivity contribution in [3.63, 3.8) is 0 Å². The molecule has 0 unspecified atom stereocenters. The number of hydrogen-bond acceptors (Lipinski definition) is 8. The van der Waals surface area contributed by atoms with Crippen molar-refractivity contribution in [1.29, 1.82) is 0 Å². The van der Waals surface area contributed by atoms with Gasteiger partial charge in [-0.05, 0) is 12.8 Å². The van der Waals surface area contributed by atoms with Crippen LogP contribution in [0, 0.1) is 0 Å². The Labute approximate surface area is 246 Å². The van der Waals surface area contributed by atoms with Crippen LogP contribution in [-0.4, -0.2) is 104 Å². The van der Waals surface area contributed by atoms with E-state index < -0.39 is 50.2 Å². The fourth-order valence-electron chi connectivity index (χ4n) is 4.81. The normalized spacial score (nSPS) is 13.3. The van der Waals surface area contributed by atoms with Gasteiger partial charge in [-0.1, -0.05) is 96.8 Å². The Balaban J connectivity index is 3.92. The number of nitrogens with one attached hydrogen (secondary N) is 1. The third-order valence-corrected chi connectivity index (χ3v) is 9.82. The molecule has 6 N–H and O–H groups in total. The fraction of sp³-hybridized carbons (Fsp3) is 1.00. The smallest absolute Gasteiger partial charge is 0.394 e. The lowest BCUT2D eigenvalue weighted by Gasteiger charge is -2.33. The molecule has 0 aromatic rings. The summed E-state index contributed by atoms with van der Waals surface area (Å²) in [5.41, 5.74) is -1.62. The summed E-state index contributed by atoms with van der Waals surface area (Å²) >= 11 is 0. The highest BCUT2D eigenvalue weighted by molar-refractivity contribution is 7.85. The number of hydrogen-bond donors (Lipinski definition) is 6. The van der Waals surface area contributed by atoms with E-state index in [1.54, 1.807) is 0 Å². The summed E-state index contributed by atoms with van der Waals surface area (Å²) in [5, 5.41) is 21.4. The van der Waals surface area contributed by atoms with E-state index >= 15 is 0 Å². The van der Waals surface area contributed by atoms with Gasteiger partial charge in [0.15, 0.2) is 0 Å². The highest BCUT2D eigenvalue weighted by Gasteiger charge is 2.38. The van der Waals surface area contributed by atoms with Gasteiger partial charge in [-0.15, -0.1) is 0 Å². The van der Waals surface area contributed by atoms with Gasteiger partial charge in [-0.3, -0.25) is 9.87 Å². The van der Waals surface area contributed by atoms with Crippen molar-refractivity contribution in [2.75, 3.05) is 52.9 Å². The lowest BCUT2D eigenvalue weighted by atomic mass is 10.0. The SMILES string of the molecule is CCCCCCCCCCCCCCCCCC[N+](C)(C)CCC[Si](O)(O)OCC(CO)(CO)NCS(=O)(=O)O. The van der Waals surface area contributed by atoms with Gasteiger partial charge in [0.1, 0.15) is 5.88 Å². The maximum Gasteiger partial charge on any atom is 0.495 e. The first kappa shape index (κ1) is 39.8. The van der Waals surface area contributed by atoms with Gasteiger partial charge in [-0.25, -0.2) is 0 Å². The molecule has 12 heteroatoms. The van der Waals surface area contributed by atoms with E-state index in [1.165, 1.54) is 96.3 Å². The molecule has 0 aromatic carbocycles. The molecule has 40 heavy (non-hydrogen) atoms. The van der Waals surface area contributed by atoms with Gasteiger partial charge >= 0.3 is 8.80 Å². The first-order valence-corrected chi connectivity index (χ1v) is 19.2. The third kappa shape index (κ3) is 23.4. The molecule has 0 spiro atoms. The van der Waals surface area contributed by atoms with Crippen LogP contribution in [0.15, 0.2) is 0 Å². The second kappa shape index (κ2) is 22.4. The molecule has 0 aliphatic carbocycles. The van der Waals surface area contributed by atoms with Crippen LogP contribution < -0.4 is 5.32 Å². The molecule has 0 atom stereocenters. The highest BCUT2D eigenvalue weighted by Crippen LogP contribution is 2.16. The zero-order valence-corrected chi connectivity index (χ0v) is 27.6. The van der Waals surface area contributed by atoms with Crippen LogP contribution in [0.25, 0.3) is 0 Å². The Morgan fingerprint density at radius 2 is 1.12 bits per heavy atom. The van der Waals surface area contributed by atoms with Crippen molar-refractivity contribution in [2.45, 2.75) is 128 Å². The first-order valence-electron chi connectivity index (χ1n) is 15.6. The number of unbranched alkanes of at least 4 members (excludes halogenated alkanes) is 15. The molecule has 0 radical (unpaired) electrons. The van der Waals surface area contributed by atoms with Crippen LogP contribution in [0.4, 0.5) is 0 Å². The van der Waals surface area contributed by atoms with Crippen LogP contribution in [0.5, 0.6) is 0 Å². The molecule has 242 valence electrons. The number of quaternary nitrogens is 1. The molecular formula is C28H63N2O8SSi+. The van der Waals surface area contributed by atoms with Crippen molar-refractivity contribution in [1.82, 2.24) is 5.32 Å². The minimum absolute atomic E-state index is 0.0544. The van der Waals surface area contributed by atoms with Crippen molar-refractivity contribution < 1.29 is 41.7 Å². The molecule has 0 heterocycles. The van der Waals surface area contributed by atoms with Crippen LogP contribution >= 0.6 is 0 Å². The van der Waals surface area contributed by atoms with Crippen molar-refractivity contribution in [2.24, 2.45) is 0 Å². The molecule has 0 aliphatic heterocycles. The Hall–Kier alpha value is -0.153. The average Bonchev–Trinajstić information content (AvgIpc) is 2.88. The molecule has 0 saturated heterocycles. The molecule has 0 amide bonds. The summed E-state index contributed by atoms with van der Waals surface area (Å²) in [7, 11) is -4.21. The lowest BCUT2D eigenvalue weighted by molar-refractivity contribution is -0.890. The highest BCUT2D eigenvalue weighted by atomic mass is 32.2. The van der Waals surface area contributed by atoms with Crippen molar-refractivity contribution in [3.8, 4) is 0 Å². The zero-order valence-electron chi connectivity index (χ0n) is 25.8. The summed E-state index contributed by atoms with van der Waals surface area (Å²) < 4.78 is 36.8. The number of aliphatic hydroxyl groups is 2. The van der Waals surface area contributed by atoms with E-state index in [0.29, 0.717) is 6.42 Å². The van der Waals surface area contributed by atoms with Gasteiger partial charge < -0.3 is 28.7 Å². The summed E-state index contributed by atoms with van der Waals surface area (Å²) in [4.78, 5) is 20.7. The molecular weight excluding hydrogens is 552 g/mol. The Morgan fingerprint density at radius 3 is 1.52 bits per heavy atom. The molecule has 0 fully saturated rings. The van der Waals surface area contributed by atoms with E-state index in [2.05, 4.69) is 26.3 Å². The fourth-order valence-corrected chi connectivity index (χ4v) is 6.57. The largest absolute Gasteiger partial charge is 0.495 e. The second-order valence-corrected chi connectivity index (χ2v) is 16.0. The number of aliphatic hydroxyl groups excluding tert-OH is 2. The molecule has 0 aliphatic rings. The third-order valence-electron chi connectivity index (χ3n) is 7.70. The van der Waals surface area contributed by atoms with Gasteiger partial charge in [0, 0.05) is 12.5 Å². The van der Waals surface area contributed by atoms with Gasteiger partial charge in [0.2, 0.25) is 0 Å². The number of rotatable bonds is 29. The van der Waals surface area contributed by atoms with Crippen molar-refractivity contribution >= 4 is 18.9 Å². The predicted octanol–water partition coefficient (Wildman–Crippen LogP) is 3.81. The average molecular weight is 616 g/mol. The summed E-state index contributed by atoms with van der Waals surface area (Å²) in [6, 6.07) is 0.0544. The maximum absolute atomic E-state index is 11.0. The predicted molar refractivity (Wildman–Crippen MR) is 163 cm³/mol. The minimum Gasteiger partial charge on any atom is -0.394 e. The Bertz CT molecular complexity index is 706. The summed E-state index contributed by atoms with van der Waals surface area (Å²) in [6.45, 7) is 2.10. The van der Waals surface area contributed by atoms with Crippen LogP contribution in [0.1, 0.15) is 116 Å². The van der Waals surface area contributed by atoms with Crippen LogP contribution in [-0.2, 0) is 14.5 Å². The summed E-state index contributed by atoms with van der Waals surface area (Å²) in [5.74, 6) is -0.909. The maximum atomic E-state index is 11.0. The molecule has 0 rings (SSSR count). The summed E-state index contributed by atoms with van der Waals surface area (Å²) in [6.07, 6.45) is 22.0. The van der Waals surface area contributed by atoms with Gasteiger partial charge in [0.05, 0.1) is 52.5 Å². The van der Waals surface area contributed by atoms with E-state index in [4.69, 9.17) is 8.98 Å². The molecule has 10 nitrogen and oxygen atoms in total. The zero-order chi connectivity index (χ0) is 30.4. The van der Waals surface area contributed by atoms with E-state index in [-0.39, 0.29) is 6.04 Å². The van der Waals surface area contributed by atoms with Crippen LogP contribution in [0.2, 0.25) is 6.04 Å². The molecule has 0 aromatic heterocycles. The van der Waals surface area contributed by atoms with E-state index in [1.807, 2.05) is 0 Å². The molecule has 0 saturated carbocycles. The Morgan fingerprint density at radius 1 is 0.725 bits per heavy atom. The minimum atomic E-state index is -4.39. The lowest BCUT2D eigenvalue weighted by Crippen LogP contribution is -2.59. The van der Waals surface area contributed by atoms with E-state index in [9.17, 15) is 28.2 Å². The number of nitrogens with zero attached hydrogens (tertiary/aromatic N) is 1. The van der Waals surface area contributed by atoms with Gasteiger partial charge in [0.25, 0.3) is 10.1 Å². The van der Waals surface area contributed by atoms with Crippen LogP contribution in [0.3, 0.4) is 0 Å².